The van der Waals surface area contributed by atoms with Crippen molar-refractivity contribution >= 4 is 52.5 Å². The quantitative estimate of drug-likeness (QED) is 0.312. The van der Waals surface area contributed by atoms with E-state index in [9.17, 15) is 24.6 Å². The summed E-state index contributed by atoms with van der Waals surface area (Å²) in [5.74, 6) is -1.10. The molecule has 0 saturated carbocycles. The number of carboxylic acids is 1. The average Bonchev–Trinajstić information content (AvgIpc) is 3.25. The van der Waals surface area contributed by atoms with Gasteiger partial charge in [0.25, 0.3) is 5.91 Å². The van der Waals surface area contributed by atoms with Gasteiger partial charge in [-0.1, -0.05) is 23.2 Å². The number of nitrogens with two attached hydrogens (primary N) is 1. The molecule has 13 heteroatoms. The van der Waals surface area contributed by atoms with Crippen molar-refractivity contribution < 1.29 is 29.3 Å². The summed E-state index contributed by atoms with van der Waals surface area (Å²) in [6.07, 6.45) is 0.714. The first-order valence-electron chi connectivity index (χ1n) is 12.9. The maximum atomic E-state index is 12.8. The van der Waals surface area contributed by atoms with E-state index in [0.29, 0.717) is 41.6 Å². The highest BCUT2D eigenvalue weighted by Crippen LogP contribution is 2.39. The molecule has 0 radical (unpaired) electrons. The lowest BCUT2D eigenvalue weighted by atomic mass is 10.0. The number of nitrogens with one attached hydrogen (secondary N) is 2. The molecular weight excluding hydrogens is 561 g/mol. The Morgan fingerprint density at radius 1 is 1.07 bits per heavy atom. The van der Waals surface area contributed by atoms with E-state index in [1.165, 1.54) is 26.0 Å². The van der Waals surface area contributed by atoms with Gasteiger partial charge in [-0.25, -0.2) is 9.59 Å². The number of carbonyl (C=O) groups excluding carboxylic acids is 2. The molecule has 2 fully saturated rings. The highest BCUT2D eigenvalue weighted by Gasteiger charge is 2.36. The van der Waals surface area contributed by atoms with Gasteiger partial charge < -0.3 is 41.1 Å². The zero-order valence-electron chi connectivity index (χ0n) is 22.2. The van der Waals surface area contributed by atoms with Crippen LogP contribution in [0.3, 0.4) is 0 Å². The third-order valence-corrected chi connectivity index (χ3v) is 7.69. The number of anilines is 2. The Hall–Kier alpha value is -3.25. The Labute approximate surface area is 242 Å². The van der Waals surface area contributed by atoms with Crippen molar-refractivity contribution in [3.63, 3.8) is 0 Å². The zero-order chi connectivity index (χ0) is 29.2. The fourth-order valence-corrected chi connectivity index (χ4v) is 5.24. The van der Waals surface area contributed by atoms with Crippen molar-refractivity contribution in [3.05, 3.63) is 52.0 Å². The van der Waals surface area contributed by atoms with E-state index in [2.05, 4.69) is 10.6 Å². The Bertz CT molecular complexity index is 1270. The first-order chi connectivity index (χ1) is 18.8. The number of likely N-dealkylation sites (tertiary alicyclic amines) is 1. The van der Waals surface area contributed by atoms with Crippen molar-refractivity contribution in [3.8, 4) is 5.75 Å². The van der Waals surface area contributed by atoms with E-state index < -0.39 is 23.7 Å². The third-order valence-electron chi connectivity index (χ3n) is 7.14. The maximum Gasteiger partial charge on any atom is 0.347 e. The van der Waals surface area contributed by atoms with Gasteiger partial charge in [-0.2, -0.15) is 0 Å². The second kappa shape index (κ2) is 12.1. The van der Waals surface area contributed by atoms with E-state index in [1.807, 2.05) is 9.80 Å². The number of hydrogen-bond donors (Lipinski definition) is 5. The number of hydrogen-bond acceptors (Lipinski definition) is 7. The number of aliphatic hydroxyl groups excluding tert-OH is 1. The summed E-state index contributed by atoms with van der Waals surface area (Å²) < 4.78 is 5.68. The van der Waals surface area contributed by atoms with Crippen LogP contribution in [0.4, 0.5) is 16.2 Å². The molecule has 2 aromatic carbocycles. The van der Waals surface area contributed by atoms with Crippen LogP contribution in [0.5, 0.6) is 5.75 Å². The highest BCUT2D eigenvalue weighted by atomic mass is 35.5. The fourth-order valence-electron chi connectivity index (χ4n) is 4.91. The van der Waals surface area contributed by atoms with Gasteiger partial charge in [0.05, 0.1) is 28.5 Å². The molecule has 2 heterocycles. The van der Waals surface area contributed by atoms with Gasteiger partial charge in [-0.3, -0.25) is 4.79 Å². The molecular formula is C27H33Cl2N5O6. The second-order valence-corrected chi connectivity index (χ2v) is 11.4. The molecule has 2 aromatic rings. The summed E-state index contributed by atoms with van der Waals surface area (Å²) in [6, 6.07) is 8.81. The molecule has 11 nitrogen and oxygen atoms in total. The Morgan fingerprint density at radius 2 is 1.73 bits per heavy atom. The smallest absolute Gasteiger partial charge is 0.347 e. The summed E-state index contributed by atoms with van der Waals surface area (Å²) in [4.78, 5) is 39.7. The van der Waals surface area contributed by atoms with Crippen molar-refractivity contribution in [2.45, 2.75) is 50.5 Å². The molecule has 40 heavy (non-hydrogen) atoms. The molecule has 0 bridgehead atoms. The number of benzene rings is 2. The van der Waals surface area contributed by atoms with Gasteiger partial charge in [-0.05, 0) is 57.0 Å². The lowest BCUT2D eigenvalue weighted by Crippen LogP contribution is -2.50. The van der Waals surface area contributed by atoms with Crippen LogP contribution < -0.4 is 26.0 Å². The number of β-amino-alcohol motifs (C(OH)–C–C–N with tert-alkyl or cyclic N) is 1. The number of urea groups is 1. The third kappa shape index (κ3) is 6.90. The van der Waals surface area contributed by atoms with Crippen molar-refractivity contribution in [2.75, 3.05) is 36.4 Å². The number of piperidine rings is 1. The molecule has 4 rings (SSSR count). The Morgan fingerprint density at radius 3 is 2.33 bits per heavy atom. The summed E-state index contributed by atoms with van der Waals surface area (Å²) in [5.41, 5.74) is 5.18. The van der Waals surface area contributed by atoms with Crippen LogP contribution in [0.1, 0.15) is 37.0 Å². The second-order valence-electron chi connectivity index (χ2n) is 10.5. The topological polar surface area (TPSA) is 157 Å². The Balaban J connectivity index is 1.43. The SMILES string of the molecule is CC(C)(Oc1cc(N2CC(NC3CCN(C(=O)c4ccc(Cl)cc4)CC3)[C@H](O)C2)c(NC(N)=O)cc1Cl)C(=O)O. The van der Waals surface area contributed by atoms with Gasteiger partial charge in [0, 0.05) is 48.9 Å². The molecule has 6 N–H and O–H groups in total. The van der Waals surface area contributed by atoms with Gasteiger partial charge in [0.15, 0.2) is 5.60 Å². The predicted octanol–water partition coefficient (Wildman–Crippen LogP) is 3.17. The molecule has 0 aromatic heterocycles. The van der Waals surface area contributed by atoms with E-state index >= 15 is 0 Å². The van der Waals surface area contributed by atoms with Gasteiger partial charge in [0.2, 0.25) is 0 Å². The van der Waals surface area contributed by atoms with Crippen LogP contribution >= 0.6 is 23.2 Å². The number of ether oxygens (including phenoxy) is 1. The van der Waals surface area contributed by atoms with Crippen LogP contribution in [0.2, 0.25) is 10.0 Å². The molecule has 1 unspecified atom stereocenters. The summed E-state index contributed by atoms with van der Waals surface area (Å²) in [6.45, 7) is 4.58. The molecule has 216 valence electrons. The summed E-state index contributed by atoms with van der Waals surface area (Å²) in [7, 11) is 0. The number of nitrogens with zero attached hydrogens (tertiary/aromatic N) is 2. The maximum absolute atomic E-state index is 12.8. The van der Waals surface area contributed by atoms with Crippen LogP contribution in [-0.2, 0) is 4.79 Å². The van der Waals surface area contributed by atoms with Crippen LogP contribution in [0, 0.1) is 0 Å². The number of aliphatic hydroxyl groups is 1. The Kier molecular flexibility index (Phi) is 8.99. The van der Waals surface area contributed by atoms with Crippen molar-refractivity contribution in [1.82, 2.24) is 10.2 Å². The number of rotatable bonds is 8. The van der Waals surface area contributed by atoms with Crippen LogP contribution in [-0.4, -0.2) is 83.0 Å². The minimum atomic E-state index is -1.56. The summed E-state index contributed by atoms with van der Waals surface area (Å²) >= 11 is 12.3. The first-order valence-corrected chi connectivity index (χ1v) is 13.7. The van der Waals surface area contributed by atoms with E-state index in [0.717, 1.165) is 12.8 Å². The molecule has 0 aliphatic carbocycles. The molecule has 2 aliphatic rings. The van der Waals surface area contributed by atoms with Crippen LogP contribution in [0.15, 0.2) is 36.4 Å². The van der Waals surface area contributed by atoms with Gasteiger partial charge in [0.1, 0.15) is 5.75 Å². The zero-order valence-corrected chi connectivity index (χ0v) is 23.7. The molecule has 2 aliphatic heterocycles. The van der Waals surface area contributed by atoms with Gasteiger partial charge >= 0.3 is 12.0 Å². The van der Waals surface area contributed by atoms with E-state index in [4.69, 9.17) is 33.7 Å². The van der Waals surface area contributed by atoms with E-state index in [1.54, 1.807) is 24.3 Å². The minimum absolute atomic E-state index is 0.0384. The monoisotopic (exact) mass is 593 g/mol. The number of amides is 3. The van der Waals surface area contributed by atoms with Gasteiger partial charge in [-0.15, -0.1) is 0 Å². The standard InChI is InChI=1S/C27H33Cl2N5O6/c1-27(2,25(37)38)40-23-12-21(19(11-18(23)29)32-26(30)39)34-13-20(22(35)14-34)31-17-7-9-33(10-8-17)24(36)15-3-5-16(28)6-4-15/h3-6,11-12,17,20,22,31,35H,7-10,13-14H2,1-2H3,(H,37,38)(H3,30,32,39)/t20?,22-/m1/s1. The first kappa shape index (κ1) is 29.7. The number of halogens is 2. The molecule has 2 atom stereocenters. The normalized spacial score (nSPS) is 19.9. The van der Waals surface area contributed by atoms with Crippen molar-refractivity contribution in [1.29, 1.82) is 0 Å². The minimum Gasteiger partial charge on any atom is -0.478 e. The number of carbonyl (C=O) groups is 3. The number of carboxylic acid groups (broad SMARTS) is 1. The number of primary amides is 1. The lowest BCUT2D eigenvalue weighted by molar-refractivity contribution is -0.152. The predicted molar refractivity (Wildman–Crippen MR) is 153 cm³/mol. The van der Waals surface area contributed by atoms with Crippen LogP contribution in [0.25, 0.3) is 0 Å². The lowest BCUT2D eigenvalue weighted by Gasteiger charge is -2.34. The highest BCUT2D eigenvalue weighted by molar-refractivity contribution is 6.32. The largest absolute Gasteiger partial charge is 0.478 e. The van der Waals surface area contributed by atoms with E-state index in [-0.39, 0.29) is 35.3 Å². The fraction of sp³-hybridized carbons (Fsp3) is 0.444. The average molecular weight is 594 g/mol. The summed E-state index contributed by atoms with van der Waals surface area (Å²) in [5, 5.41) is 27.1. The molecule has 0 spiro atoms. The molecule has 3 amide bonds. The molecule has 2 saturated heterocycles. The number of aliphatic carboxylic acids is 1. The van der Waals surface area contributed by atoms with Crippen molar-refractivity contribution in [2.24, 2.45) is 5.73 Å².